The maximum Gasteiger partial charge on any atom is 0.159 e. The van der Waals surface area contributed by atoms with Gasteiger partial charge in [-0.15, -0.1) is 0 Å². The van der Waals surface area contributed by atoms with E-state index < -0.39 is 0 Å². The number of piperazine rings is 1. The fourth-order valence-corrected chi connectivity index (χ4v) is 4.53. The summed E-state index contributed by atoms with van der Waals surface area (Å²) in [4.78, 5) is 25.9. The van der Waals surface area contributed by atoms with Crippen LogP contribution in [-0.4, -0.2) is 61.0 Å². The van der Waals surface area contributed by atoms with Gasteiger partial charge in [0.05, 0.1) is 7.11 Å². The van der Waals surface area contributed by atoms with E-state index in [-0.39, 0.29) is 5.78 Å². The lowest BCUT2D eigenvalue weighted by atomic mass is 10.0. The van der Waals surface area contributed by atoms with Gasteiger partial charge in [-0.25, -0.2) is 9.97 Å². The Bertz CT molecular complexity index is 1200. The molecule has 0 radical (unpaired) electrons. The normalized spacial score (nSPS) is 14.0. The first-order chi connectivity index (χ1) is 17.4. The Labute approximate surface area is 214 Å². The van der Waals surface area contributed by atoms with E-state index in [1.807, 2.05) is 18.3 Å². The number of likely N-dealkylation sites (N-methyl/N-ethyl adjacent to an activating group) is 1. The second kappa shape index (κ2) is 12.0. The molecule has 0 aliphatic carbocycles. The van der Waals surface area contributed by atoms with E-state index in [1.54, 1.807) is 7.11 Å². The zero-order valence-corrected chi connectivity index (χ0v) is 21.7. The molecule has 0 N–H and O–H groups in total. The lowest BCUT2D eigenvalue weighted by Crippen LogP contribution is -2.44. The van der Waals surface area contributed by atoms with E-state index >= 15 is 0 Å². The van der Waals surface area contributed by atoms with Gasteiger partial charge in [-0.05, 0) is 55.6 Å². The van der Waals surface area contributed by atoms with Gasteiger partial charge in [0.15, 0.2) is 5.78 Å². The Morgan fingerprint density at radius 2 is 1.78 bits per heavy atom. The van der Waals surface area contributed by atoms with Crippen LogP contribution in [0.25, 0.3) is 0 Å². The summed E-state index contributed by atoms with van der Waals surface area (Å²) < 4.78 is 5.75. The second-order valence-electron chi connectivity index (χ2n) is 9.54. The predicted octanol–water partition coefficient (Wildman–Crippen LogP) is 4.22. The number of methoxy groups -OCH3 is 1. The topological polar surface area (TPSA) is 58.6 Å². The van der Waals surface area contributed by atoms with E-state index in [1.165, 1.54) is 17.3 Å². The lowest BCUT2D eigenvalue weighted by Gasteiger charge is -2.34. The van der Waals surface area contributed by atoms with Gasteiger partial charge in [0.2, 0.25) is 0 Å². The number of ether oxygens (including phenoxy) is 1. The molecule has 6 nitrogen and oxygen atoms in total. The van der Waals surface area contributed by atoms with E-state index in [0.29, 0.717) is 12.8 Å². The number of aryl methyl sites for hydroxylation is 3. The van der Waals surface area contributed by atoms with Gasteiger partial charge in [-0.3, -0.25) is 4.79 Å². The monoisotopic (exact) mass is 484 g/mol. The van der Waals surface area contributed by atoms with Crippen molar-refractivity contribution in [2.24, 2.45) is 0 Å². The lowest BCUT2D eigenvalue weighted by molar-refractivity contribution is -0.114. The molecule has 36 heavy (non-hydrogen) atoms. The number of carbonyl (C=O) groups excluding carboxylic acids is 1. The van der Waals surface area contributed by atoms with E-state index in [4.69, 9.17) is 9.72 Å². The fraction of sp³-hybridized carbons (Fsp3) is 0.367. The maximum absolute atomic E-state index is 11.6. The van der Waals surface area contributed by atoms with Gasteiger partial charge >= 0.3 is 0 Å². The number of aromatic nitrogens is 2. The number of rotatable bonds is 10. The summed E-state index contributed by atoms with van der Waals surface area (Å²) >= 11 is 0. The minimum atomic E-state index is 0.0393. The molecular formula is C30H36N4O2. The van der Waals surface area contributed by atoms with E-state index in [2.05, 4.69) is 65.7 Å². The molecule has 2 aromatic carbocycles. The Hall–Kier alpha value is -3.51. The molecule has 1 aliphatic heterocycles. The van der Waals surface area contributed by atoms with Crippen molar-refractivity contribution in [2.75, 3.05) is 45.2 Å². The Kier molecular flexibility index (Phi) is 8.49. The highest BCUT2D eigenvalue weighted by molar-refractivity contribution is 5.90. The SMILES string of the molecule is C=CC(=O)Cc1ccc(CCc2nc(Cc3ccc(N4CCN(C)CC4)cc3OC)ncc2C)cc1. The molecule has 0 amide bonds. The van der Waals surface area contributed by atoms with Crippen LogP contribution in [0, 0.1) is 6.92 Å². The molecule has 3 aromatic rings. The summed E-state index contributed by atoms with van der Waals surface area (Å²) in [6.07, 6.45) is 6.05. The average Bonchev–Trinajstić information content (AvgIpc) is 2.90. The number of hydrogen-bond acceptors (Lipinski definition) is 6. The third kappa shape index (κ3) is 6.58. The molecular weight excluding hydrogens is 448 g/mol. The molecule has 0 unspecified atom stereocenters. The van der Waals surface area contributed by atoms with Gasteiger partial charge in [-0.2, -0.15) is 0 Å². The molecule has 0 atom stereocenters. The van der Waals surface area contributed by atoms with Crippen molar-refractivity contribution in [3.63, 3.8) is 0 Å². The first-order valence-electron chi connectivity index (χ1n) is 12.6. The first-order valence-corrected chi connectivity index (χ1v) is 12.6. The smallest absolute Gasteiger partial charge is 0.159 e. The average molecular weight is 485 g/mol. The summed E-state index contributed by atoms with van der Waals surface area (Å²) in [5, 5.41) is 0. The number of ketones is 1. The number of hydrogen-bond donors (Lipinski definition) is 0. The number of nitrogens with zero attached hydrogens (tertiary/aromatic N) is 4. The zero-order valence-electron chi connectivity index (χ0n) is 21.7. The number of carbonyl (C=O) groups is 1. The molecule has 2 heterocycles. The van der Waals surface area contributed by atoms with Crippen LogP contribution in [0.4, 0.5) is 5.69 Å². The molecule has 0 saturated carbocycles. The van der Waals surface area contributed by atoms with Crippen LogP contribution >= 0.6 is 0 Å². The maximum atomic E-state index is 11.6. The highest BCUT2D eigenvalue weighted by atomic mass is 16.5. The van der Waals surface area contributed by atoms with Crippen molar-refractivity contribution in [3.05, 3.63) is 95.1 Å². The van der Waals surface area contributed by atoms with Crippen LogP contribution in [-0.2, 0) is 30.5 Å². The summed E-state index contributed by atoms with van der Waals surface area (Å²) in [5.74, 6) is 1.73. The third-order valence-electron chi connectivity index (χ3n) is 6.89. The third-order valence-corrected chi connectivity index (χ3v) is 6.89. The Balaban J connectivity index is 1.42. The molecule has 1 aliphatic rings. The first kappa shape index (κ1) is 25.6. The molecule has 0 bridgehead atoms. The van der Waals surface area contributed by atoms with Crippen molar-refractivity contribution >= 4 is 11.5 Å². The predicted molar refractivity (Wildman–Crippen MR) is 145 cm³/mol. The van der Waals surface area contributed by atoms with Crippen molar-refractivity contribution in [1.29, 1.82) is 0 Å². The summed E-state index contributed by atoms with van der Waals surface area (Å²) in [6.45, 7) is 9.81. The van der Waals surface area contributed by atoms with Crippen LogP contribution in [0.2, 0.25) is 0 Å². The molecule has 188 valence electrons. The van der Waals surface area contributed by atoms with E-state index in [9.17, 15) is 4.79 Å². The minimum absolute atomic E-state index is 0.0393. The fourth-order valence-electron chi connectivity index (χ4n) is 4.53. The Morgan fingerprint density at radius 1 is 1.06 bits per heavy atom. The van der Waals surface area contributed by atoms with E-state index in [0.717, 1.165) is 73.0 Å². The van der Waals surface area contributed by atoms with Crippen molar-refractivity contribution < 1.29 is 9.53 Å². The van der Waals surface area contributed by atoms with Gasteiger partial charge in [0, 0.05) is 68.2 Å². The molecule has 0 spiro atoms. The quantitative estimate of drug-likeness (QED) is 0.402. The van der Waals surface area contributed by atoms with Crippen LogP contribution in [0.3, 0.4) is 0 Å². The molecule has 4 rings (SSSR count). The van der Waals surface area contributed by atoms with Crippen LogP contribution in [0.1, 0.15) is 33.8 Å². The van der Waals surface area contributed by atoms with Crippen molar-refractivity contribution in [1.82, 2.24) is 14.9 Å². The van der Waals surface area contributed by atoms with Gasteiger partial charge in [0.25, 0.3) is 0 Å². The van der Waals surface area contributed by atoms with Gasteiger partial charge in [-0.1, -0.05) is 36.9 Å². The van der Waals surface area contributed by atoms with Crippen molar-refractivity contribution in [3.8, 4) is 5.75 Å². The molecule has 1 saturated heterocycles. The molecule has 1 fully saturated rings. The summed E-state index contributed by atoms with van der Waals surface area (Å²) in [6, 6.07) is 14.7. The number of allylic oxidation sites excluding steroid dienone is 1. The summed E-state index contributed by atoms with van der Waals surface area (Å²) in [5.41, 5.74) is 6.70. The Morgan fingerprint density at radius 3 is 2.47 bits per heavy atom. The highest BCUT2D eigenvalue weighted by Gasteiger charge is 2.16. The van der Waals surface area contributed by atoms with Crippen molar-refractivity contribution in [2.45, 2.75) is 32.6 Å². The highest BCUT2D eigenvalue weighted by Crippen LogP contribution is 2.28. The van der Waals surface area contributed by atoms with Gasteiger partial charge < -0.3 is 14.5 Å². The standard InChI is InChI=1S/C30H36N4O2/c1-5-27(35)18-24-8-6-23(7-9-24)10-13-28-22(2)21-31-30(32-28)19-25-11-12-26(20-29(25)36-4)34-16-14-33(3)15-17-34/h5-9,11-12,20-21H,1,10,13-19H2,2-4H3. The number of anilines is 1. The van der Waals surface area contributed by atoms with Crippen LogP contribution in [0.15, 0.2) is 61.3 Å². The van der Waals surface area contributed by atoms with Gasteiger partial charge in [0.1, 0.15) is 11.6 Å². The zero-order chi connectivity index (χ0) is 25.5. The molecule has 1 aromatic heterocycles. The number of benzene rings is 2. The second-order valence-corrected chi connectivity index (χ2v) is 9.54. The summed E-state index contributed by atoms with van der Waals surface area (Å²) in [7, 11) is 3.90. The largest absolute Gasteiger partial charge is 0.496 e. The molecule has 6 heteroatoms. The van der Waals surface area contributed by atoms with Crippen LogP contribution in [0.5, 0.6) is 5.75 Å². The minimum Gasteiger partial charge on any atom is -0.496 e. The van der Waals surface area contributed by atoms with Crippen LogP contribution < -0.4 is 9.64 Å².